The molecule has 0 saturated heterocycles. The third kappa shape index (κ3) is 7.41. The van der Waals surface area contributed by atoms with Crippen LogP contribution in [-0.2, 0) is 21.4 Å². The van der Waals surface area contributed by atoms with Gasteiger partial charge in [-0.05, 0) is 68.7 Å². The first kappa shape index (κ1) is 32.3. The number of carbonyl (C=O) groups is 2. The van der Waals surface area contributed by atoms with Crippen LogP contribution in [0.3, 0.4) is 0 Å². The number of benzene rings is 3. The summed E-state index contributed by atoms with van der Waals surface area (Å²) in [6, 6.07) is 22.4. The topological polar surface area (TPSA) is 155 Å². The van der Waals surface area contributed by atoms with Crippen LogP contribution in [0.25, 0.3) is 22.2 Å². The molecule has 0 radical (unpaired) electrons. The number of hydrogen-bond donors (Lipinski definition) is 4. The van der Waals surface area contributed by atoms with Crippen LogP contribution in [0, 0.1) is 20.8 Å². The number of nitrogens with zero attached hydrogens (tertiary/aromatic N) is 3. The second-order valence-electron chi connectivity index (χ2n) is 11.1. The standard InChI is InChI=1S/C34H36N6O5S/c1-22-18-23(2)32(24(3)19-22)46(44,45)39-28(34(42)43)21-37-33(41)26-13-14-29-27(20-26)31(25-10-5-4-6-11-25)38-40(29)17-9-16-36-30-12-7-8-15-35-30/h4-8,10-15,18-20,28,39H,9,16-17,21H2,1-3H3,(H,35,36)(H,37,41)(H,42,43). The van der Waals surface area contributed by atoms with Crippen LogP contribution in [0.1, 0.15) is 33.5 Å². The van der Waals surface area contributed by atoms with E-state index in [0.717, 1.165) is 34.3 Å². The highest BCUT2D eigenvalue weighted by atomic mass is 32.2. The smallest absolute Gasteiger partial charge is 0.323 e. The average molecular weight is 641 g/mol. The number of aromatic nitrogens is 3. The molecule has 46 heavy (non-hydrogen) atoms. The molecule has 0 fully saturated rings. The van der Waals surface area contributed by atoms with E-state index in [1.165, 1.54) is 0 Å². The lowest BCUT2D eigenvalue weighted by Crippen LogP contribution is -2.48. The van der Waals surface area contributed by atoms with E-state index in [9.17, 15) is 23.1 Å². The van der Waals surface area contributed by atoms with E-state index in [4.69, 9.17) is 5.10 Å². The van der Waals surface area contributed by atoms with Gasteiger partial charge in [-0.25, -0.2) is 13.4 Å². The van der Waals surface area contributed by atoms with Gasteiger partial charge in [-0.15, -0.1) is 0 Å². The summed E-state index contributed by atoms with van der Waals surface area (Å²) in [5.41, 5.74) is 4.63. The van der Waals surface area contributed by atoms with Gasteiger partial charge in [0.15, 0.2) is 0 Å². The molecule has 0 spiro atoms. The van der Waals surface area contributed by atoms with Crippen molar-refractivity contribution in [2.24, 2.45) is 0 Å². The third-order valence-corrected chi connectivity index (χ3v) is 9.29. The summed E-state index contributed by atoms with van der Waals surface area (Å²) >= 11 is 0. The summed E-state index contributed by atoms with van der Waals surface area (Å²) in [6.45, 7) is 6.03. The molecule has 12 heteroatoms. The predicted molar refractivity (Wildman–Crippen MR) is 177 cm³/mol. The number of hydrogen-bond acceptors (Lipinski definition) is 7. The lowest BCUT2D eigenvalue weighted by Gasteiger charge is -2.18. The molecule has 5 rings (SSSR count). The molecule has 0 aliphatic heterocycles. The van der Waals surface area contributed by atoms with Crippen LogP contribution in [0.15, 0.2) is 90.0 Å². The number of amides is 1. The number of pyridine rings is 1. The van der Waals surface area contributed by atoms with Gasteiger partial charge in [0.2, 0.25) is 10.0 Å². The quantitative estimate of drug-likeness (QED) is 0.135. The molecule has 3 aromatic carbocycles. The van der Waals surface area contributed by atoms with Crippen molar-refractivity contribution in [2.45, 2.75) is 44.7 Å². The zero-order valence-corrected chi connectivity index (χ0v) is 26.6. The van der Waals surface area contributed by atoms with Crippen LogP contribution in [-0.4, -0.2) is 59.3 Å². The summed E-state index contributed by atoms with van der Waals surface area (Å²) in [5.74, 6) is -1.15. The first-order chi connectivity index (χ1) is 22.0. The molecule has 1 unspecified atom stereocenters. The van der Waals surface area contributed by atoms with Crippen molar-refractivity contribution in [3.63, 3.8) is 0 Å². The van der Waals surface area contributed by atoms with E-state index in [0.29, 0.717) is 35.5 Å². The van der Waals surface area contributed by atoms with E-state index >= 15 is 0 Å². The minimum Gasteiger partial charge on any atom is -0.480 e. The SMILES string of the molecule is Cc1cc(C)c(S(=O)(=O)NC(CNC(=O)c2ccc3c(c2)c(-c2ccccc2)nn3CCCNc2ccccn2)C(=O)O)c(C)c1. The van der Waals surface area contributed by atoms with Gasteiger partial charge in [-0.3, -0.25) is 14.3 Å². The number of sulfonamides is 1. The first-order valence-electron chi connectivity index (χ1n) is 14.9. The van der Waals surface area contributed by atoms with Gasteiger partial charge in [-0.2, -0.15) is 9.82 Å². The second-order valence-corrected chi connectivity index (χ2v) is 12.8. The number of carboxylic acids is 1. The number of carbonyl (C=O) groups excluding carboxylic acids is 1. The van der Waals surface area contributed by atoms with Gasteiger partial charge in [0, 0.05) is 42.3 Å². The molecule has 5 aromatic rings. The van der Waals surface area contributed by atoms with E-state index in [1.54, 1.807) is 44.3 Å². The highest BCUT2D eigenvalue weighted by Crippen LogP contribution is 2.29. The van der Waals surface area contributed by atoms with Gasteiger partial charge in [0.05, 0.1) is 10.4 Å². The molecular weight excluding hydrogens is 604 g/mol. The number of rotatable bonds is 13. The molecule has 238 valence electrons. The predicted octanol–water partition coefficient (Wildman–Crippen LogP) is 4.69. The number of anilines is 1. The Labute approximate surface area is 267 Å². The molecular formula is C34H36N6O5S. The monoisotopic (exact) mass is 640 g/mol. The Balaban J connectivity index is 1.33. The maximum Gasteiger partial charge on any atom is 0.323 e. The lowest BCUT2D eigenvalue weighted by molar-refractivity contribution is -0.138. The number of carboxylic acid groups (broad SMARTS) is 1. The normalized spacial score (nSPS) is 12.2. The molecule has 0 aliphatic rings. The Morgan fingerprint density at radius 3 is 2.33 bits per heavy atom. The first-order valence-corrected chi connectivity index (χ1v) is 16.3. The van der Waals surface area contributed by atoms with E-state index in [2.05, 4.69) is 20.3 Å². The number of fused-ring (bicyclic) bond motifs is 1. The summed E-state index contributed by atoms with van der Waals surface area (Å²) < 4.78 is 30.6. The maximum atomic E-state index is 13.3. The Kier molecular flexibility index (Phi) is 9.78. The van der Waals surface area contributed by atoms with Crippen LogP contribution in [0.2, 0.25) is 0 Å². The van der Waals surface area contributed by atoms with Gasteiger partial charge < -0.3 is 15.7 Å². The fourth-order valence-corrected chi connectivity index (χ4v) is 7.17. The number of nitrogens with one attached hydrogen (secondary N) is 3. The molecule has 0 saturated carbocycles. The molecule has 0 bridgehead atoms. The zero-order valence-electron chi connectivity index (χ0n) is 25.8. The van der Waals surface area contributed by atoms with Crippen LogP contribution >= 0.6 is 0 Å². The van der Waals surface area contributed by atoms with E-state index in [1.807, 2.05) is 66.2 Å². The third-order valence-electron chi connectivity index (χ3n) is 7.51. The fraction of sp³-hybridized carbons (Fsp3) is 0.235. The van der Waals surface area contributed by atoms with Gasteiger partial charge in [0.1, 0.15) is 17.6 Å². The van der Waals surface area contributed by atoms with Crippen molar-refractivity contribution in [1.29, 1.82) is 0 Å². The van der Waals surface area contributed by atoms with Crippen molar-refractivity contribution in [2.75, 3.05) is 18.4 Å². The summed E-state index contributed by atoms with van der Waals surface area (Å²) in [6.07, 6.45) is 2.51. The van der Waals surface area contributed by atoms with Crippen LogP contribution < -0.4 is 15.4 Å². The summed E-state index contributed by atoms with van der Waals surface area (Å²) in [5, 5.41) is 21.3. The second kappa shape index (κ2) is 13.9. The van der Waals surface area contributed by atoms with E-state index in [-0.39, 0.29) is 4.90 Å². The number of aliphatic carboxylic acids is 1. The van der Waals surface area contributed by atoms with Gasteiger partial charge >= 0.3 is 5.97 Å². The van der Waals surface area contributed by atoms with Crippen molar-refractivity contribution in [3.05, 3.63) is 107 Å². The Morgan fingerprint density at radius 2 is 1.65 bits per heavy atom. The summed E-state index contributed by atoms with van der Waals surface area (Å²) in [4.78, 5) is 29.6. The van der Waals surface area contributed by atoms with Crippen LogP contribution in [0.4, 0.5) is 5.82 Å². The molecule has 11 nitrogen and oxygen atoms in total. The Hall–Kier alpha value is -5.07. The van der Waals surface area contributed by atoms with Gasteiger partial charge in [0.25, 0.3) is 5.91 Å². The van der Waals surface area contributed by atoms with Gasteiger partial charge in [-0.1, -0.05) is 54.1 Å². The van der Waals surface area contributed by atoms with Crippen molar-refractivity contribution in [1.82, 2.24) is 24.8 Å². The van der Waals surface area contributed by atoms with Crippen molar-refractivity contribution >= 4 is 38.6 Å². The molecule has 2 aromatic heterocycles. The molecule has 1 atom stereocenters. The van der Waals surface area contributed by atoms with Crippen molar-refractivity contribution < 1.29 is 23.1 Å². The summed E-state index contributed by atoms with van der Waals surface area (Å²) in [7, 11) is -4.18. The van der Waals surface area contributed by atoms with Crippen LogP contribution in [0.5, 0.6) is 0 Å². The molecule has 2 heterocycles. The minimum absolute atomic E-state index is 0.0269. The zero-order chi connectivity index (χ0) is 32.8. The molecule has 4 N–H and O–H groups in total. The van der Waals surface area contributed by atoms with E-state index < -0.39 is 34.5 Å². The number of aryl methyl sites for hydroxylation is 4. The highest BCUT2D eigenvalue weighted by molar-refractivity contribution is 7.89. The highest BCUT2D eigenvalue weighted by Gasteiger charge is 2.28. The largest absolute Gasteiger partial charge is 0.480 e. The maximum absolute atomic E-state index is 13.3. The molecule has 0 aliphatic carbocycles. The van der Waals surface area contributed by atoms with Crippen molar-refractivity contribution in [3.8, 4) is 11.3 Å². The minimum atomic E-state index is -4.18. The Morgan fingerprint density at radius 1 is 0.935 bits per heavy atom. The lowest BCUT2D eigenvalue weighted by atomic mass is 10.1. The molecule has 1 amide bonds. The fourth-order valence-electron chi connectivity index (χ4n) is 5.53. The Bertz CT molecular complexity index is 1950. The average Bonchev–Trinajstić information content (AvgIpc) is 3.39.